The van der Waals surface area contributed by atoms with Crippen molar-refractivity contribution in [2.24, 2.45) is 5.92 Å². The molecule has 0 saturated heterocycles. The first-order valence-corrected chi connectivity index (χ1v) is 7.05. The Bertz CT molecular complexity index is 602. The maximum absolute atomic E-state index is 13.8. The van der Waals surface area contributed by atoms with Gasteiger partial charge in [0.25, 0.3) is 0 Å². The van der Waals surface area contributed by atoms with E-state index in [2.05, 4.69) is 0 Å². The van der Waals surface area contributed by atoms with E-state index in [1.807, 2.05) is 0 Å². The van der Waals surface area contributed by atoms with Crippen LogP contribution < -0.4 is 0 Å². The summed E-state index contributed by atoms with van der Waals surface area (Å²) in [6.07, 6.45) is -7.49. The highest BCUT2D eigenvalue weighted by Gasteiger charge is 2.74. The van der Waals surface area contributed by atoms with E-state index in [-0.39, 0.29) is 6.42 Å². The summed E-state index contributed by atoms with van der Waals surface area (Å²) in [5, 5.41) is 0. The number of hydrogen-bond donors (Lipinski definition) is 0. The fraction of sp³-hybridized carbons (Fsp3) is 0.412. The molecule has 0 nitrogen and oxygen atoms in total. The van der Waals surface area contributed by atoms with Gasteiger partial charge in [-0.2, -0.15) is 26.3 Å². The van der Waals surface area contributed by atoms with E-state index in [9.17, 15) is 26.3 Å². The molecule has 1 aliphatic rings. The molecule has 0 heterocycles. The molecule has 0 aliphatic heterocycles. The van der Waals surface area contributed by atoms with Crippen molar-refractivity contribution in [3.63, 3.8) is 0 Å². The Labute approximate surface area is 130 Å². The van der Waals surface area contributed by atoms with Crippen LogP contribution in [0, 0.1) is 12.8 Å². The third-order valence-electron chi connectivity index (χ3n) is 4.24. The highest BCUT2D eigenvalue weighted by atomic mass is 19.4. The molecule has 1 atom stereocenters. The lowest BCUT2D eigenvalue weighted by Crippen LogP contribution is -2.58. The minimum Gasteiger partial charge on any atom is -0.170 e. The highest BCUT2D eigenvalue weighted by molar-refractivity contribution is 5.37. The summed E-state index contributed by atoms with van der Waals surface area (Å²) in [4.78, 5) is 0. The average Bonchev–Trinajstić information content (AvgIpc) is 2.40. The number of rotatable bonds is 2. The van der Waals surface area contributed by atoms with Gasteiger partial charge < -0.3 is 0 Å². The Hall–Kier alpha value is -1.72. The first-order valence-electron chi connectivity index (χ1n) is 7.05. The Balaban J connectivity index is 2.72. The van der Waals surface area contributed by atoms with Crippen LogP contribution in [0.2, 0.25) is 0 Å². The molecule has 0 bridgehead atoms. The van der Waals surface area contributed by atoms with E-state index < -0.39 is 29.2 Å². The van der Waals surface area contributed by atoms with Crippen molar-refractivity contribution in [2.75, 3.05) is 0 Å². The Morgan fingerprint density at radius 1 is 0.870 bits per heavy atom. The molecule has 6 heteroatoms. The summed E-state index contributed by atoms with van der Waals surface area (Å²) in [5.41, 5.74) is -3.43. The van der Waals surface area contributed by atoms with Crippen LogP contribution in [0.5, 0.6) is 0 Å². The van der Waals surface area contributed by atoms with Crippen LogP contribution in [-0.4, -0.2) is 12.4 Å². The number of alkyl halides is 6. The van der Waals surface area contributed by atoms with Crippen molar-refractivity contribution in [2.45, 2.75) is 38.0 Å². The van der Waals surface area contributed by atoms with Crippen molar-refractivity contribution in [3.05, 3.63) is 59.2 Å². The van der Waals surface area contributed by atoms with Gasteiger partial charge in [0.1, 0.15) is 0 Å². The fourth-order valence-corrected chi connectivity index (χ4v) is 2.99. The molecule has 1 aromatic rings. The van der Waals surface area contributed by atoms with Crippen molar-refractivity contribution in [1.82, 2.24) is 0 Å². The molecule has 0 amide bonds. The average molecular weight is 334 g/mol. The molecule has 1 aromatic carbocycles. The highest BCUT2D eigenvalue weighted by Crippen LogP contribution is 2.58. The zero-order valence-electron chi connectivity index (χ0n) is 12.6. The number of hydrogen-bond acceptors (Lipinski definition) is 0. The molecule has 126 valence electrons. The molecular formula is C17H16F6. The molecule has 2 rings (SSSR count). The van der Waals surface area contributed by atoms with Gasteiger partial charge >= 0.3 is 12.4 Å². The molecule has 23 heavy (non-hydrogen) atoms. The third kappa shape index (κ3) is 2.91. The second-order valence-corrected chi connectivity index (χ2v) is 5.82. The van der Waals surface area contributed by atoms with Crippen LogP contribution in [-0.2, 0) is 5.41 Å². The summed E-state index contributed by atoms with van der Waals surface area (Å²) in [7, 11) is 0. The van der Waals surface area contributed by atoms with Crippen LogP contribution in [0.4, 0.5) is 26.3 Å². The largest absolute Gasteiger partial charge is 0.407 e. The van der Waals surface area contributed by atoms with Crippen molar-refractivity contribution < 1.29 is 26.3 Å². The Morgan fingerprint density at radius 2 is 1.39 bits per heavy atom. The SMILES string of the molecule is CC1=CCC(C(c2ccc(C)cc2)(C(F)(F)F)C(F)(F)F)C=C1. The van der Waals surface area contributed by atoms with Gasteiger partial charge in [-0.05, 0) is 25.8 Å². The Kier molecular flexibility index (Phi) is 4.39. The van der Waals surface area contributed by atoms with Crippen LogP contribution in [0.15, 0.2) is 48.1 Å². The first kappa shape index (κ1) is 17.6. The first-order chi connectivity index (χ1) is 10.5. The zero-order valence-corrected chi connectivity index (χ0v) is 12.6. The number of aryl methyl sites for hydroxylation is 1. The molecule has 0 fully saturated rings. The van der Waals surface area contributed by atoms with Gasteiger partial charge in [0, 0.05) is 5.92 Å². The summed E-state index contributed by atoms with van der Waals surface area (Å²) >= 11 is 0. The minimum atomic E-state index is -5.46. The molecule has 1 aliphatic carbocycles. The topological polar surface area (TPSA) is 0 Å². The summed E-state index contributed by atoms with van der Waals surface area (Å²) in [6, 6.07) is 4.40. The predicted octanol–water partition coefficient (Wildman–Crippen LogP) is 5.88. The molecule has 0 aromatic heterocycles. The maximum atomic E-state index is 13.8. The van der Waals surface area contributed by atoms with Gasteiger partial charge in [-0.1, -0.05) is 53.6 Å². The van der Waals surface area contributed by atoms with E-state index in [4.69, 9.17) is 0 Å². The van der Waals surface area contributed by atoms with Gasteiger partial charge in [0.15, 0.2) is 5.41 Å². The second kappa shape index (κ2) is 5.73. The summed E-state index contributed by atoms with van der Waals surface area (Å²) in [5.74, 6) is -1.73. The zero-order chi connectivity index (χ0) is 17.5. The molecule has 0 saturated carbocycles. The lowest BCUT2D eigenvalue weighted by atomic mass is 9.66. The monoisotopic (exact) mass is 334 g/mol. The normalized spacial score (nSPS) is 19.7. The Morgan fingerprint density at radius 3 is 1.78 bits per heavy atom. The molecule has 0 radical (unpaired) electrons. The van der Waals surface area contributed by atoms with Gasteiger partial charge in [-0.25, -0.2) is 0 Å². The molecule has 1 unspecified atom stereocenters. The minimum absolute atomic E-state index is 0.310. The van der Waals surface area contributed by atoms with Crippen molar-refractivity contribution in [1.29, 1.82) is 0 Å². The lowest BCUT2D eigenvalue weighted by molar-refractivity contribution is -0.314. The van der Waals surface area contributed by atoms with E-state index in [1.165, 1.54) is 24.3 Å². The number of halogens is 6. The van der Waals surface area contributed by atoms with Crippen LogP contribution >= 0.6 is 0 Å². The van der Waals surface area contributed by atoms with Gasteiger partial charge in [0.2, 0.25) is 0 Å². The van der Waals surface area contributed by atoms with Gasteiger partial charge in [-0.3, -0.25) is 0 Å². The molecular weight excluding hydrogens is 318 g/mol. The van der Waals surface area contributed by atoms with Crippen LogP contribution in [0.1, 0.15) is 24.5 Å². The van der Waals surface area contributed by atoms with E-state index in [0.717, 1.165) is 18.2 Å². The van der Waals surface area contributed by atoms with Crippen molar-refractivity contribution in [3.8, 4) is 0 Å². The van der Waals surface area contributed by atoms with E-state index >= 15 is 0 Å². The van der Waals surface area contributed by atoms with Crippen LogP contribution in [0.3, 0.4) is 0 Å². The van der Waals surface area contributed by atoms with Gasteiger partial charge in [-0.15, -0.1) is 0 Å². The summed E-state index contributed by atoms with van der Waals surface area (Å²) in [6.45, 7) is 3.25. The lowest BCUT2D eigenvalue weighted by Gasteiger charge is -2.43. The second-order valence-electron chi connectivity index (χ2n) is 5.82. The van der Waals surface area contributed by atoms with E-state index in [1.54, 1.807) is 13.8 Å². The fourth-order valence-electron chi connectivity index (χ4n) is 2.99. The van der Waals surface area contributed by atoms with Crippen molar-refractivity contribution >= 4 is 0 Å². The smallest absolute Gasteiger partial charge is 0.170 e. The number of allylic oxidation sites excluding steroid dienone is 4. The van der Waals surface area contributed by atoms with Gasteiger partial charge in [0.05, 0.1) is 0 Å². The standard InChI is InChI=1S/C17H16F6/c1-11-3-7-13(8-4-11)15(16(18,19)20,17(21,22)23)14-9-5-12(2)6-10-14/h3-9,14H,10H2,1-2H3. The van der Waals surface area contributed by atoms with Crippen LogP contribution in [0.25, 0.3) is 0 Å². The molecule has 0 N–H and O–H groups in total. The quantitative estimate of drug-likeness (QED) is 0.593. The molecule has 0 spiro atoms. The predicted molar refractivity (Wildman–Crippen MR) is 76.0 cm³/mol. The third-order valence-corrected chi connectivity index (χ3v) is 4.24. The maximum Gasteiger partial charge on any atom is 0.407 e. The summed E-state index contributed by atoms with van der Waals surface area (Å²) < 4.78 is 82.6. The number of benzene rings is 1. The van der Waals surface area contributed by atoms with E-state index in [0.29, 0.717) is 11.1 Å².